The van der Waals surface area contributed by atoms with E-state index in [1.807, 2.05) is 13.8 Å². The predicted molar refractivity (Wildman–Crippen MR) is 167 cm³/mol. The third-order valence-corrected chi connectivity index (χ3v) is 7.59. The zero-order chi connectivity index (χ0) is 33.2. The van der Waals surface area contributed by atoms with E-state index in [2.05, 4.69) is 0 Å². The average molecular weight is 625 g/mol. The van der Waals surface area contributed by atoms with E-state index in [9.17, 15) is 0 Å². The zero-order valence-corrected chi connectivity index (χ0v) is 25.8. The molecular formula is C37H34F6O2. The number of allylic oxidation sites excluding steroid dienone is 2. The van der Waals surface area contributed by atoms with Crippen LogP contribution in [-0.4, -0.2) is 12.4 Å². The number of hydrogen-bond acceptors (Lipinski definition) is 2. The minimum absolute atomic E-state index is 0.132. The summed E-state index contributed by atoms with van der Waals surface area (Å²) in [6.45, 7) is 9.41. The van der Waals surface area contributed by atoms with E-state index in [0.717, 1.165) is 24.3 Å². The fourth-order valence-corrected chi connectivity index (χ4v) is 5.64. The molecule has 0 fully saturated rings. The molecule has 0 aliphatic carbocycles. The highest BCUT2D eigenvalue weighted by Crippen LogP contribution is 2.57. The van der Waals surface area contributed by atoms with E-state index in [1.165, 1.54) is 27.7 Å². The summed E-state index contributed by atoms with van der Waals surface area (Å²) in [5, 5.41) is 0. The van der Waals surface area contributed by atoms with Gasteiger partial charge in [-0.1, -0.05) is 85.0 Å². The summed E-state index contributed by atoms with van der Waals surface area (Å²) < 4.78 is 103. The summed E-state index contributed by atoms with van der Waals surface area (Å²) in [5.41, 5.74) is -4.27. The monoisotopic (exact) mass is 624 g/mol. The van der Waals surface area contributed by atoms with Crippen molar-refractivity contribution in [2.75, 3.05) is 0 Å². The van der Waals surface area contributed by atoms with E-state index in [0.29, 0.717) is 22.6 Å². The maximum Gasteiger partial charge on any atom is 0.411 e. The van der Waals surface area contributed by atoms with Crippen molar-refractivity contribution in [2.24, 2.45) is 0 Å². The van der Waals surface area contributed by atoms with Crippen molar-refractivity contribution in [1.29, 1.82) is 0 Å². The maximum absolute atomic E-state index is 15.1. The first-order valence-corrected chi connectivity index (χ1v) is 14.3. The average Bonchev–Trinajstić information content (AvgIpc) is 2.93. The lowest BCUT2D eigenvalue weighted by atomic mass is 9.71. The molecule has 4 rings (SSSR count). The Kier molecular flexibility index (Phi) is 9.57. The Morgan fingerprint density at radius 1 is 0.511 bits per heavy atom. The van der Waals surface area contributed by atoms with Gasteiger partial charge in [0, 0.05) is 11.1 Å². The van der Waals surface area contributed by atoms with Crippen LogP contribution in [-0.2, 0) is 5.41 Å². The minimum atomic E-state index is -5.75. The molecule has 0 unspecified atom stereocenters. The molecule has 0 bridgehead atoms. The Morgan fingerprint density at radius 3 is 1.11 bits per heavy atom. The number of aryl methyl sites for hydroxylation is 4. The molecule has 0 N–H and O–H groups in total. The Bertz CT molecular complexity index is 1570. The van der Waals surface area contributed by atoms with Crippen LogP contribution in [0.15, 0.2) is 84.9 Å². The first kappa shape index (κ1) is 33.4. The van der Waals surface area contributed by atoms with Gasteiger partial charge in [0.05, 0.1) is 0 Å². The van der Waals surface area contributed by atoms with Gasteiger partial charge in [0.1, 0.15) is 23.0 Å². The van der Waals surface area contributed by atoms with E-state index in [-0.39, 0.29) is 33.8 Å². The molecule has 0 heterocycles. The van der Waals surface area contributed by atoms with Crippen molar-refractivity contribution in [3.05, 3.63) is 129 Å². The number of hydrogen-bond donors (Lipinski definition) is 0. The van der Waals surface area contributed by atoms with Crippen LogP contribution in [0.3, 0.4) is 0 Å². The standard InChI is InChI=1S/C37H34F6O2/c1-7-13-27-15-9-11-17-31(27)44-33-23(3)19-29(20-24(33)4)35(36(38,39)40,37(41,42)43)30-21-25(5)34(26(6)22-30)45-32-18-12-10-16-28(32)14-8-2/h7-22H,1-6H3. The third-order valence-electron chi connectivity index (χ3n) is 7.59. The second-order valence-electron chi connectivity index (χ2n) is 10.9. The van der Waals surface area contributed by atoms with Crippen LogP contribution in [0, 0.1) is 27.7 Å². The van der Waals surface area contributed by atoms with Gasteiger partial charge in [0.25, 0.3) is 0 Å². The summed E-state index contributed by atoms with van der Waals surface area (Å²) in [6.07, 6.45) is -4.30. The van der Waals surface area contributed by atoms with Gasteiger partial charge in [-0.05, 0) is 87.1 Å². The first-order chi connectivity index (χ1) is 21.1. The zero-order valence-electron chi connectivity index (χ0n) is 25.8. The molecule has 2 nitrogen and oxygen atoms in total. The van der Waals surface area contributed by atoms with E-state index in [4.69, 9.17) is 9.47 Å². The molecular weight excluding hydrogens is 590 g/mol. The number of benzene rings is 4. The van der Waals surface area contributed by atoms with Crippen molar-refractivity contribution in [3.63, 3.8) is 0 Å². The fourth-order valence-electron chi connectivity index (χ4n) is 5.64. The van der Waals surface area contributed by atoms with E-state index < -0.39 is 28.9 Å². The highest BCUT2D eigenvalue weighted by molar-refractivity contribution is 5.61. The lowest BCUT2D eigenvalue weighted by molar-refractivity contribution is -0.288. The molecule has 0 radical (unpaired) electrons. The summed E-state index contributed by atoms with van der Waals surface area (Å²) in [6, 6.07) is 17.7. The second-order valence-corrected chi connectivity index (χ2v) is 10.9. The molecule has 0 aliphatic rings. The van der Waals surface area contributed by atoms with Gasteiger partial charge < -0.3 is 9.47 Å². The van der Waals surface area contributed by atoms with Crippen molar-refractivity contribution < 1.29 is 35.8 Å². The summed E-state index contributed by atoms with van der Waals surface area (Å²) in [4.78, 5) is 0. The summed E-state index contributed by atoms with van der Waals surface area (Å²) in [7, 11) is 0. The molecule has 4 aromatic rings. The largest absolute Gasteiger partial charge is 0.456 e. The van der Waals surface area contributed by atoms with Crippen molar-refractivity contribution in [3.8, 4) is 23.0 Å². The van der Waals surface area contributed by atoms with Gasteiger partial charge in [0.15, 0.2) is 0 Å². The lowest BCUT2D eigenvalue weighted by Gasteiger charge is -2.39. The van der Waals surface area contributed by atoms with E-state index in [1.54, 1.807) is 72.8 Å². The number of halogens is 6. The van der Waals surface area contributed by atoms with Gasteiger partial charge in [-0.3, -0.25) is 0 Å². The van der Waals surface area contributed by atoms with Gasteiger partial charge >= 0.3 is 12.4 Å². The number of rotatable bonds is 8. The Labute approximate surface area is 259 Å². The molecule has 0 amide bonds. The van der Waals surface area contributed by atoms with Crippen LogP contribution >= 0.6 is 0 Å². The summed E-state index contributed by atoms with van der Waals surface area (Å²) >= 11 is 0. The lowest BCUT2D eigenvalue weighted by Crippen LogP contribution is -2.55. The highest BCUT2D eigenvalue weighted by Gasteiger charge is 2.72. The number of alkyl halides is 6. The second kappa shape index (κ2) is 12.9. The quantitative estimate of drug-likeness (QED) is 0.182. The Morgan fingerprint density at radius 2 is 0.822 bits per heavy atom. The highest BCUT2D eigenvalue weighted by atomic mass is 19.4. The smallest absolute Gasteiger partial charge is 0.411 e. The molecule has 0 atom stereocenters. The SMILES string of the molecule is CC=Cc1ccccc1Oc1c(C)cc(C(c2cc(C)c(Oc3ccccc3C=CC)c(C)c2)(C(F)(F)F)C(F)(F)F)cc1C. The molecule has 0 spiro atoms. The Balaban J connectivity index is 1.91. The fraction of sp³-hybridized carbons (Fsp3) is 0.243. The van der Waals surface area contributed by atoms with Crippen molar-refractivity contribution in [1.82, 2.24) is 0 Å². The number of ether oxygens (including phenoxy) is 2. The van der Waals surface area contributed by atoms with Crippen molar-refractivity contribution >= 4 is 12.2 Å². The molecule has 0 aliphatic heterocycles. The molecule has 0 saturated carbocycles. The van der Waals surface area contributed by atoms with Crippen LogP contribution in [0.4, 0.5) is 26.3 Å². The predicted octanol–water partition coefficient (Wildman–Crippen LogP) is 12.0. The molecule has 0 saturated heterocycles. The van der Waals surface area contributed by atoms with Gasteiger partial charge in [-0.15, -0.1) is 0 Å². The van der Waals surface area contributed by atoms with E-state index >= 15 is 26.3 Å². The minimum Gasteiger partial charge on any atom is -0.456 e. The number of para-hydroxylation sites is 2. The van der Waals surface area contributed by atoms with Crippen LogP contribution in [0.5, 0.6) is 23.0 Å². The van der Waals surface area contributed by atoms with Crippen LogP contribution in [0.2, 0.25) is 0 Å². The normalized spacial score (nSPS) is 12.7. The van der Waals surface area contributed by atoms with Gasteiger partial charge in [0.2, 0.25) is 5.41 Å². The Hall–Kier alpha value is -4.46. The molecule has 0 aromatic heterocycles. The maximum atomic E-state index is 15.1. The van der Waals surface area contributed by atoms with Gasteiger partial charge in [-0.2, -0.15) is 26.3 Å². The van der Waals surface area contributed by atoms with Crippen LogP contribution in [0.1, 0.15) is 58.4 Å². The summed E-state index contributed by atoms with van der Waals surface area (Å²) in [5.74, 6) is 1.21. The van der Waals surface area contributed by atoms with Crippen molar-refractivity contribution in [2.45, 2.75) is 59.3 Å². The molecule has 45 heavy (non-hydrogen) atoms. The molecule has 236 valence electrons. The van der Waals surface area contributed by atoms with Gasteiger partial charge in [-0.25, -0.2) is 0 Å². The molecule has 4 aromatic carbocycles. The van der Waals surface area contributed by atoms with Crippen LogP contribution in [0.25, 0.3) is 12.2 Å². The third kappa shape index (κ3) is 6.37. The van der Waals surface area contributed by atoms with Crippen LogP contribution < -0.4 is 9.47 Å². The topological polar surface area (TPSA) is 18.5 Å². The molecule has 8 heteroatoms. The first-order valence-electron chi connectivity index (χ1n) is 14.3.